The van der Waals surface area contributed by atoms with Crippen molar-refractivity contribution in [3.63, 3.8) is 0 Å². The van der Waals surface area contributed by atoms with Gasteiger partial charge < -0.3 is 16.0 Å². The van der Waals surface area contributed by atoms with Crippen LogP contribution in [0.25, 0.3) is 10.9 Å². The van der Waals surface area contributed by atoms with E-state index in [-0.39, 0.29) is 11.9 Å². The molecule has 0 bridgehead atoms. The highest BCUT2D eigenvalue weighted by molar-refractivity contribution is 6.07. The third kappa shape index (κ3) is 2.30. The predicted octanol–water partition coefficient (Wildman–Crippen LogP) is 1.89. The maximum absolute atomic E-state index is 12.1. The molecule has 1 heterocycles. The maximum atomic E-state index is 12.1. The molecule has 18 heavy (non-hydrogen) atoms. The van der Waals surface area contributed by atoms with Crippen LogP contribution < -0.4 is 11.1 Å². The smallest absolute Gasteiger partial charge is 0.253 e. The van der Waals surface area contributed by atoms with Gasteiger partial charge in [-0.25, -0.2) is 0 Å². The lowest BCUT2D eigenvalue weighted by atomic mass is 10.1. The summed E-state index contributed by atoms with van der Waals surface area (Å²) in [6.07, 6.45) is 7.41. The minimum Gasteiger partial charge on any atom is -0.399 e. The highest BCUT2D eigenvalue weighted by Crippen LogP contribution is 2.20. The Labute approximate surface area is 106 Å². The second-order valence-corrected chi connectivity index (χ2v) is 4.29. The minimum atomic E-state index is -0.131. The molecular weight excluding hydrogens is 226 g/mol. The highest BCUT2D eigenvalue weighted by atomic mass is 16.1. The van der Waals surface area contributed by atoms with Gasteiger partial charge >= 0.3 is 0 Å². The summed E-state index contributed by atoms with van der Waals surface area (Å²) in [5, 5.41) is 3.71. The lowest BCUT2D eigenvalue weighted by molar-refractivity contribution is 0.0942. The van der Waals surface area contributed by atoms with Crippen molar-refractivity contribution in [2.75, 3.05) is 5.73 Å². The van der Waals surface area contributed by atoms with Crippen molar-refractivity contribution in [2.45, 2.75) is 19.4 Å². The number of benzene rings is 1. The van der Waals surface area contributed by atoms with Crippen molar-refractivity contribution in [1.82, 2.24) is 10.3 Å². The number of hydrogen-bond donors (Lipinski definition) is 3. The summed E-state index contributed by atoms with van der Waals surface area (Å²) in [6.45, 7) is 1.88. The Morgan fingerprint density at radius 2 is 2.39 bits per heavy atom. The second kappa shape index (κ2) is 4.84. The molecule has 0 spiro atoms. The van der Waals surface area contributed by atoms with Gasteiger partial charge in [0.05, 0.1) is 5.56 Å². The van der Waals surface area contributed by atoms with E-state index in [4.69, 9.17) is 12.2 Å². The molecule has 92 valence electrons. The van der Waals surface area contributed by atoms with Crippen molar-refractivity contribution in [3.05, 3.63) is 30.0 Å². The van der Waals surface area contributed by atoms with Gasteiger partial charge in [0.15, 0.2) is 0 Å². The molecule has 0 saturated heterocycles. The molecule has 0 aliphatic heterocycles. The number of nitrogens with two attached hydrogens (primary N) is 1. The van der Waals surface area contributed by atoms with Gasteiger partial charge in [-0.2, -0.15) is 0 Å². The Bertz CT molecular complexity index is 621. The van der Waals surface area contributed by atoms with Gasteiger partial charge in [-0.05, 0) is 25.1 Å². The number of aromatic amines is 1. The Morgan fingerprint density at radius 1 is 1.61 bits per heavy atom. The lowest BCUT2D eigenvalue weighted by Crippen LogP contribution is -2.32. The molecule has 0 aliphatic carbocycles. The summed E-state index contributed by atoms with van der Waals surface area (Å²) < 4.78 is 0. The summed E-state index contributed by atoms with van der Waals surface area (Å²) in [7, 11) is 0. The zero-order chi connectivity index (χ0) is 13.1. The molecule has 4 nitrogen and oxygen atoms in total. The first-order valence-corrected chi connectivity index (χ1v) is 5.72. The van der Waals surface area contributed by atoms with Crippen LogP contribution in [0.15, 0.2) is 24.4 Å². The van der Waals surface area contributed by atoms with Gasteiger partial charge in [-0.1, -0.05) is 0 Å². The van der Waals surface area contributed by atoms with Crippen LogP contribution in [-0.2, 0) is 0 Å². The Balaban J connectivity index is 2.26. The molecule has 0 aliphatic rings. The molecule has 4 N–H and O–H groups in total. The molecular formula is C14H15N3O. The number of anilines is 1. The van der Waals surface area contributed by atoms with E-state index in [0.29, 0.717) is 17.7 Å². The average Bonchev–Trinajstić information content (AvgIpc) is 2.71. The molecule has 2 aromatic rings. The normalized spacial score (nSPS) is 12.0. The molecule has 2 rings (SSSR count). The third-order valence-electron chi connectivity index (χ3n) is 2.75. The molecule has 1 aromatic carbocycles. The molecule has 4 heteroatoms. The van der Waals surface area contributed by atoms with Crippen LogP contribution in [0, 0.1) is 12.3 Å². The third-order valence-corrected chi connectivity index (χ3v) is 2.75. The number of carbonyl (C=O) groups is 1. The minimum absolute atomic E-state index is 0.0405. The van der Waals surface area contributed by atoms with E-state index in [1.807, 2.05) is 13.0 Å². The zero-order valence-electron chi connectivity index (χ0n) is 10.2. The van der Waals surface area contributed by atoms with Crippen LogP contribution >= 0.6 is 0 Å². The molecule has 1 atom stereocenters. The molecule has 0 saturated carbocycles. The van der Waals surface area contributed by atoms with E-state index in [1.54, 1.807) is 18.3 Å². The number of terminal acetylenes is 1. The van der Waals surface area contributed by atoms with Gasteiger partial charge in [0.2, 0.25) is 0 Å². The molecule has 0 radical (unpaired) electrons. The summed E-state index contributed by atoms with van der Waals surface area (Å²) in [5.41, 5.74) is 7.81. The van der Waals surface area contributed by atoms with Crippen molar-refractivity contribution in [3.8, 4) is 12.3 Å². The van der Waals surface area contributed by atoms with Crippen molar-refractivity contribution in [2.24, 2.45) is 0 Å². The SMILES string of the molecule is C#CCC(C)NC(=O)c1c[nH]c2cc(N)ccc12. The molecule has 1 unspecified atom stereocenters. The summed E-state index contributed by atoms with van der Waals surface area (Å²) in [4.78, 5) is 15.1. The van der Waals surface area contributed by atoms with Crippen LogP contribution in [-0.4, -0.2) is 16.9 Å². The summed E-state index contributed by atoms with van der Waals surface area (Å²) in [5.74, 6) is 2.39. The zero-order valence-corrected chi connectivity index (χ0v) is 10.2. The molecule has 0 fully saturated rings. The topological polar surface area (TPSA) is 70.9 Å². The standard InChI is InChI=1S/C14H15N3O/c1-3-4-9(2)17-14(18)12-8-16-13-7-10(15)5-6-11(12)13/h1,5-9,16H,4,15H2,2H3,(H,17,18). The van der Waals surface area contributed by atoms with Crippen molar-refractivity contribution < 1.29 is 4.79 Å². The Morgan fingerprint density at radius 3 is 3.11 bits per heavy atom. The number of aromatic nitrogens is 1. The van der Waals surface area contributed by atoms with Gasteiger partial charge in [0, 0.05) is 35.2 Å². The molecule has 1 aromatic heterocycles. The first-order chi connectivity index (χ1) is 8.61. The first-order valence-electron chi connectivity index (χ1n) is 5.72. The summed E-state index contributed by atoms with van der Waals surface area (Å²) >= 11 is 0. The fourth-order valence-electron chi connectivity index (χ4n) is 1.86. The van der Waals surface area contributed by atoms with Gasteiger partial charge in [0.1, 0.15) is 0 Å². The number of rotatable bonds is 3. The van der Waals surface area contributed by atoms with Crippen LogP contribution in [0.4, 0.5) is 5.69 Å². The first kappa shape index (κ1) is 12.1. The van der Waals surface area contributed by atoms with Gasteiger partial charge in [-0.15, -0.1) is 12.3 Å². The maximum Gasteiger partial charge on any atom is 0.253 e. The number of amides is 1. The van der Waals surface area contributed by atoms with Crippen LogP contribution in [0.1, 0.15) is 23.7 Å². The Hall–Kier alpha value is -2.41. The van der Waals surface area contributed by atoms with Crippen LogP contribution in [0.2, 0.25) is 0 Å². The average molecular weight is 241 g/mol. The van der Waals surface area contributed by atoms with Crippen molar-refractivity contribution >= 4 is 22.5 Å². The fourth-order valence-corrected chi connectivity index (χ4v) is 1.86. The van der Waals surface area contributed by atoms with E-state index < -0.39 is 0 Å². The van der Waals surface area contributed by atoms with E-state index in [2.05, 4.69) is 16.2 Å². The second-order valence-electron chi connectivity index (χ2n) is 4.29. The highest BCUT2D eigenvalue weighted by Gasteiger charge is 2.13. The number of nitrogen functional groups attached to an aromatic ring is 1. The number of fused-ring (bicyclic) bond motifs is 1. The van der Waals surface area contributed by atoms with Gasteiger partial charge in [0.25, 0.3) is 5.91 Å². The largest absolute Gasteiger partial charge is 0.399 e. The Kier molecular flexibility index (Phi) is 3.24. The number of H-pyrrole nitrogens is 1. The number of nitrogens with one attached hydrogen (secondary N) is 2. The van der Waals surface area contributed by atoms with Gasteiger partial charge in [-0.3, -0.25) is 4.79 Å². The van der Waals surface area contributed by atoms with E-state index in [9.17, 15) is 4.79 Å². The predicted molar refractivity (Wildman–Crippen MR) is 73.1 cm³/mol. The van der Waals surface area contributed by atoms with E-state index in [1.165, 1.54) is 0 Å². The summed E-state index contributed by atoms with van der Waals surface area (Å²) in [6, 6.07) is 5.37. The van der Waals surface area contributed by atoms with E-state index in [0.717, 1.165) is 10.9 Å². The number of carbonyl (C=O) groups excluding carboxylic acids is 1. The molecule has 1 amide bonds. The van der Waals surface area contributed by atoms with Crippen molar-refractivity contribution in [1.29, 1.82) is 0 Å². The quantitative estimate of drug-likeness (QED) is 0.567. The number of hydrogen-bond acceptors (Lipinski definition) is 2. The monoisotopic (exact) mass is 241 g/mol. The lowest BCUT2D eigenvalue weighted by Gasteiger charge is -2.10. The van der Waals surface area contributed by atoms with Crippen LogP contribution in [0.5, 0.6) is 0 Å². The fraction of sp³-hybridized carbons (Fsp3) is 0.214. The van der Waals surface area contributed by atoms with Crippen LogP contribution in [0.3, 0.4) is 0 Å². The van der Waals surface area contributed by atoms with E-state index >= 15 is 0 Å².